The monoisotopic (exact) mass is 512 g/mol. The number of nitrogens with zero attached hydrogens (tertiary/aromatic N) is 3. The van der Waals surface area contributed by atoms with E-state index in [9.17, 15) is 17.6 Å². The largest absolute Gasteiger partial charge is 0.304 e. The zero-order chi connectivity index (χ0) is 24.9. The van der Waals surface area contributed by atoms with Gasteiger partial charge in [-0.15, -0.1) is 0 Å². The van der Waals surface area contributed by atoms with Crippen LogP contribution in [0.4, 0.5) is 10.1 Å². The fourth-order valence-electron chi connectivity index (χ4n) is 4.84. The van der Waals surface area contributed by atoms with E-state index in [1.165, 1.54) is 12.1 Å². The smallest absolute Gasteiger partial charge is 0.230 e. The summed E-state index contributed by atoms with van der Waals surface area (Å²) in [7, 11) is -3.85. The van der Waals surface area contributed by atoms with Gasteiger partial charge in [-0.1, -0.05) is 36.7 Å². The van der Waals surface area contributed by atoms with Crippen molar-refractivity contribution in [1.82, 2.24) is 9.78 Å². The van der Waals surface area contributed by atoms with E-state index in [2.05, 4.69) is 5.10 Å². The summed E-state index contributed by atoms with van der Waals surface area (Å²) in [6.07, 6.45) is 1.67. The molecule has 4 aromatic rings. The first-order valence-electron chi connectivity index (χ1n) is 11.0. The van der Waals surface area contributed by atoms with Crippen molar-refractivity contribution in [2.45, 2.75) is 13.0 Å². The molecule has 3 atom stereocenters. The van der Waals surface area contributed by atoms with Gasteiger partial charge in [-0.2, -0.15) is 5.10 Å². The summed E-state index contributed by atoms with van der Waals surface area (Å²) in [6, 6.07) is 17.9. The maximum absolute atomic E-state index is 13.5. The topological polar surface area (TPSA) is 98.3 Å². The molecule has 180 valence electrons. The van der Waals surface area contributed by atoms with Crippen LogP contribution in [0.5, 0.6) is 0 Å². The Kier molecular flexibility index (Phi) is 5.86. The molecule has 1 aliphatic rings. The highest BCUT2D eigenvalue weighted by atomic mass is 35.5. The number of halogens is 2. The Morgan fingerprint density at radius 1 is 1.06 bits per heavy atom. The van der Waals surface area contributed by atoms with Crippen molar-refractivity contribution in [3.63, 3.8) is 0 Å². The summed E-state index contributed by atoms with van der Waals surface area (Å²) < 4.78 is 39.2. The highest BCUT2D eigenvalue weighted by molar-refractivity contribution is 7.89. The second-order valence-corrected chi connectivity index (χ2v) is 10.8. The van der Waals surface area contributed by atoms with Gasteiger partial charge in [-0.25, -0.2) is 22.6 Å². The molecule has 1 aromatic heterocycles. The zero-order valence-electron chi connectivity index (χ0n) is 18.7. The minimum atomic E-state index is -3.85. The van der Waals surface area contributed by atoms with Crippen LogP contribution in [-0.4, -0.2) is 29.9 Å². The number of primary sulfonamides is 1. The molecule has 1 amide bonds. The van der Waals surface area contributed by atoms with Gasteiger partial charge in [-0.05, 0) is 54.1 Å². The standard InChI is InChI=1S/C25H22ClFN4O3S/c1-15-21(14-35(28,33)34)24(20-4-2-3-5-22(20)26)30(25(15)32)19-10-11-23-16(12-19)13-29-31(23)18-8-6-17(27)7-9-18/h2-13,15,21,24H,14H2,1H3,(H2,28,33,34)/t15-,21-,24-/m0/s1. The van der Waals surface area contributed by atoms with Gasteiger partial charge in [0.15, 0.2) is 0 Å². The molecule has 0 radical (unpaired) electrons. The van der Waals surface area contributed by atoms with Gasteiger partial charge in [0.25, 0.3) is 0 Å². The van der Waals surface area contributed by atoms with Gasteiger partial charge < -0.3 is 4.90 Å². The molecule has 2 N–H and O–H groups in total. The predicted molar refractivity (Wildman–Crippen MR) is 133 cm³/mol. The molecule has 7 nitrogen and oxygen atoms in total. The normalized spacial score (nSPS) is 20.6. The van der Waals surface area contributed by atoms with Crippen LogP contribution in [0.2, 0.25) is 5.02 Å². The Balaban J connectivity index is 1.62. The van der Waals surface area contributed by atoms with Gasteiger partial charge in [0.05, 0.1) is 29.2 Å². The lowest BCUT2D eigenvalue weighted by molar-refractivity contribution is -0.120. The van der Waals surface area contributed by atoms with Crippen LogP contribution >= 0.6 is 11.6 Å². The molecule has 0 aliphatic carbocycles. The first-order chi connectivity index (χ1) is 16.6. The SMILES string of the molecule is C[C@@H]1C(=O)N(c2ccc3c(cnn3-c3ccc(F)cc3)c2)[C@@H](c2ccccc2Cl)[C@H]1CS(N)(=O)=O. The number of anilines is 1. The van der Waals surface area contributed by atoms with Crippen LogP contribution in [0.3, 0.4) is 0 Å². The number of amides is 1. The van der Waals surface area contributed by atoms with Crippen LogP contribution in [0, 0.1) is 17.7 Å². The third kappa shape index (κ3) is 4.31. The molecule has 1 aliphatic heterocycles. The van der Waals surface area contributed by atoms with Crippen molar-refractivity contribution in [1.29, 1.82) is 0 Å². The number of fused-ring (bicyclic) bond motifs is 1. The first-order valence-corrected chi connectivity index (χ1v) is 13.0. The Hall–Kier alpha value is -3.27. The molecular formula is C25H22ClFN4O3S. The third-order valence-corrected chi connectivity index (χ3v) is 7.70. The van der Waals surface area contributed by atoms with Crippen molar-refractivity contribution in [3.05, 3.63) is 89.3 Å². The molecule has 0 saturated carbocycles. The summed E-state index contributed by atoms with van der Waals surface area (Å²) in [5.41, 5.74) is 2.72. The lowest BCUT2D eigenvalue weighted by Gasteiger charge is -2.29. The van der Waals surface area contributed by atoms with Crippen molar-refractivity contribution in [2.75, 3.05) is 10.7 Å². The molecule has 1 saturated heterocycles. The highest BCUT2D eigenvalue weighted by Crippen LogP contribution is 2.47. The van der Waals surface area contributed by atoms with Gasteiger partial charge in [-0.3, -0.25) is 4.79 Å². The number of benzene rings is 3. The Bertz CT molecular complexity index is 1540. The van der Waals surface area contributed by atoms with Crippen molar-refractivity contribution in [3.8, 4) is 5.69 Å². The molecule has 10 heteroatoms. The van der Waals surface area contributed by atoms with Gasteiger partial charge >= 0.3 is 0 Å². The summed E-state index contributed by atoms with van der Waals surface area (Å²) >= 11 is 6.51. The quantitative estimate of drug-likeness (QED) is 0.427. The average molecular weight is 513 g/mol. The zero-order valence-corrected chi connectivity index (χ0v) is 20.2. The number of nitrogens with two attached hydrogens (primary N) is 1. The molecule has 2 heterocycles. The second-order valence-electron chi connectivity index (χ2n) is 8.73. The van der Waals surface area contributed by atoms with E-state index in [0.717, 1.165) is 10.9 Å². The van der Waals surface area contributed by atoms with Gasteiger partial charge in [0, 0.05) is 27.9 Å². The second kappa shape index (κ2) is 8.75. The van der Waals surface area contributed by atoms with Crippen LogP contribution in [0.1, 0.15) is 18.5 Å². The minimum absolute atomic E-state index is 0.214. The van der Waals surface area contributed by atoms with Crippen molar-refractivity contribution >= 4 is 44.1 Å². The Labute approximate surface area is 207 Å². The number of aromatic nitrogens is 2. The summed E-state index contributed by atoms with van der Waals surface area (Å²) in [6.45, 7) is 1.72. The van der Waals surface area contributed by atoms with E-state index >= 15 is 0 Å². The lowest BCUT2D eigenvalue weighted by atomic mass is 9.89. The van der Waals surface area contributed by atoms with E-state index in [4.69, 9.17) is 16.7 Å². The van der Waals surface area contributed by atoms with E-state index < -0.39 is 27.9 Å². The lowest BCUT2D eigenvalue weighted by Crippen LogP contribution is -2.31. The van der Waals surface area contributed by atoms with Crippen LogP contribution in [-0.2, 0) is 14.8 Å². The highest BCUT2D eigenvalue weighted by Gasteiger charge is 2.48. The number of carbonyl (C=O) groups excluding carboxylic acids is 1. The molecular weight excluding hydrogens is 491 g/mol. The molecule has 0 spiro atoms. The maximum atomic E-state index is 13.5. The Morgan fingerprint density at radius 2 is 1.74 bits per heavy atom. The number of rotatable bonds is 5. The average Bonchev–Trinajstić information content (AvgIpc) is 3.33. The third-order valence-electron chi connectivity index (χ3n) is 6.50. The maximum Gasteiger partial charge on any atom is 0.230 e. The molecule has 1 fully saturated rings. The molecule has 35 heavy (non-hydrogen) atoms. The minimum Gasteiger partial charge on any atom is -0.304 e. The van der Waals surface area contributed by atoms with E-state index in [1.807, 2.05) is 12.1 Å². The number of carbonyl (C=O) groups is 1. The predicted octanol–water partition coefficient (Wildman–Crippen LogP) is 4.45. The van der Waals surface area contributed by atoms with Crippen LogP contribution in [0.15, 0.2) is 72.9 Å². The number of sulfonamides is 1. The van der Waals surface area contributed by atoms with Crippen LogP contribution in [0.25, 0.3) is 16.6 Å². The van der Waals surface area contributed by atoms with Crippen LogP contribution < -0.4 is 10.0 Å². The number of hydrogen-bond acceptors (Lipinski definition) is 4. The molecule has 0 bridgehead atoms. The van der Waals surface area contributed by atoms with Gasteiger partial charge in [0.1, 0.15) is 5.82 Å². The summed E-state index contributed by atoms with van der Waals surface area (Å²) in [5, 5.41) is 11.0. The Morgan fingerprint density at radius 3 is 2.43 bits per heavy atom. The number of hydrogen-bond donors (Lipinski definition) is 1. The first kappa shape index (κ1) is 23.5. The molecule has 0 unspecified atom stereocenters. The fourth-order valence-corrected chi connectivity index (χ4v) is 6.09. The van der Waals surface area contributed by atoms with Crippen molar-refractivity contribution < 1.29 is 17.6 Å². The van der Waals surface area contributed by atoms with Crippen molar-refractivity contribution in [2.24, 2.45) is 17.0 Å². The fraction of sp³-hybridized carbons (Fsp3) is 0.200. The van der Waals surface area contributed by atoms with E-state index in [-0.39, 0.29) is 17.5 Å². The van der Waals surface area contributed by atoms with E-state index in [1.54, 1.807) is 65.2 Å². The van der Waals surface area contributed by atoms with E-state index in [0.29, 0.717) is 22.0 Å². The summed E-state index contributed by atoms with van der Waals surface area (Å²) in [4.78, 5) is 15.1. The molecule has 3 aromatic carbocycles. The molecule has 5 rings (SSSR count). The summed E-state index contributed by atoms with van der Waals surface area (Å²) in [5.74, 6) is -2.08. The van der Waals surface area contributed by atoms with Gasteiger partial charge in [0.2, 0.25) is 15.9 Å².